The normalized spacial score (nSPS) is 12.8. The van der Waals surface area contributed by atoms with Gasteiger partial charge in [0.15, 0.2) is 0 Å². The van der Waals surface area contributed by atoms with Gasteiger partial charge in [0.25, 0.3) is 0 Å². The fourth-order valence-corrected chi connectivity index (χ4v) is 2.02. The third-order valence-electron chi connectivity index (χ3n) is 3.02. The Labute approximate surface area is 108 Å². The van der Waals surface area contributed by atoms with E-state index in [-0.39, 0.29) is 0 Å². The van der Waals surface area contributed by atoms with E-state index in [9.17, 15) is 0 Å². The second kappa shape index (κ2) is 5.87. The molecular formula is C14H21N3O. The first-order valence-corrected chi connectivity index (χ1v) is 6.39. The molecule has 0 aromatic carbocycles. The van der Waals surface area contributed by atoms with Gasteiger partial charge in [-0.1, -0.05) is 6.92 Å². The van der Waals surface area contributed by atoms with Crippen molar-refractivity contribution in [1.82, 2.24) is 14.9 Å². The van der Waals surface area contributed by atoms with Gasteiger partial charge in [0.05, 0.1) is 6.54 Å². The topological polar surface area (TPSA) is 43.0 Å². The lowest BCUT2D eigenvalue weighted by Crippen LogP contribution is -2.23. The largest absolute Gasteiger partial charge is 0.465 e. The van der Waals surface area contributed by atoms with Gasteiger partial charge in [-0.2, -0.15) is 0 Å². The van der Waals surface area contributed by atoms with E-state index in [1.165, 1.54) is 0 Å². The van der Waals surface area contributed by atoms with Crippen molar-refractivity contribution in [2.24, 2.45) is 5.92 Å². The van der Waals surface area contributed by atoms with Crippen LogP contribution in [0.25, 0.3) is 0 Å². The maximum absolute atomic E-state index is 5.51. The summed E-state index contributed by atoms with van der Waals surface area (Å²) in [5.74, 6) is 3.60. The molecule has 2 aromatic rings. The summed E-state index contributed by atoms with van der Waals surface area (Å²) in [6.07, 6.45) is 3.88. The van der Waals surface area contributed by atoms with Crippen LogP contribution in [0.4, 0.5) is 0 Å². The van der Waals surface area contributed by atoms with Crippen molar-refractivity contribution in [3.05, 3.63) is 41.9 Å². The number of imidazole rings is 1. The van der Waals surface area contributed by atoms with Crippen LogP contribution in [0.1, 0.15) is 24.3 Å². The molecule has 0 saturated carbocycles. The lowest BCUT2D eigenvalue weighted by atomic mass is 10.2. The molecule has 0 radical (unpaired) electrons. The highest BCUT2D eigenvalue weighted by atomic mass is 16.3. The number of nitrogens with one attached hydrogen (secondary N) is 1. The van der Waals surface area contributed by atoms with Gasteiger partial charge in [0.2, 0.25) is 0 Å². The number of nitrogens with zero attached hydrogens (tertiary/aromatic N) is 2. The van der Waals surface area contributed by atoms with Crippen molar-refractivity contribution >= 4 is 0 Å². The van der Waals surface area contributed by atoms with Gasteiger partial charge in [0.1, 0.15) is 17.3 Å². The van der Waals surface area contributed by atoms with E-state index in [0.29, 0.717) is 5.92 Å². The van der Waals surface area contributed by atoms with Crippen molar-refractivity contribution in [3.63, 3.8) is 0 Å². The van der Waals surface area contributed by atoms with E-state index in [4.69, 9.17) is 4.42 Å². The molecule has 4 nitrogen and oxygen atoms in total. The Balaban J connectivity index is 1.72. The number of furan rings is 1. The first kappa shape index (κ1) is 12.9. The second-order valence-electron chi connectivity index (χ2n) is 4.88. The van der Waals surface area contributed by atoms with E-state index >= 15 is 0 Å². The Morgan fingerprint density at radius 3 is 2.83 bits per heavy atom. The van der Waals surface area contributed by atoms with Gasteiger partial charge in [-0.15, -0.1) is 0 Å². The van der Waals surface area contributed by atoms with Crippen LogP contribution in [0.3, 0.4) is 0 Å². The summed E-state index contributed by atoms with van der Waals surface area (Å²) in [6.45, 7) is 8.99. The molecule has 98 valence electrons. The summed E-state index contributed by atoms with van der Waals surface area (Å²) in [5, 5.41) is 3.42. The Morgan fingerprint density at radius 2 is 2.22 bits per heavy atom. The summed E-state index contributed by atoms with van der Waals surface area (Å²) in [6, 6.07) is 4.02. The zero-order chi connectivity index (χ0) is 13.0. The van der Waals surface area contributed by atoms with Crippen LogP contribution in [0, 0.1) is 19.8 Å². The highest BCUT2D eigenvalue weighted by Crippen LogP contribution is 2.06. The summed E-state index contributed by atoms with van der Waals surface area (Å²) in [5.41, 5.74) is 0. The number of hydrogen-bond acceptors (Lipinski definition) is 3. The van der Waals surface area contributed by atoms with Gasteiger partial charge in [-0.05, 0) is 38.4 Å². The third kappa shape index (κ3) is 3.47. The molecule has 2 rings (SSSR count). The van der Waals surface area contributed by atoms with Crippen molar-refractivity contribution in [1.29, 1.82) is 0 Å². The Kier molecular flexibility index (Phi) is 4.20. The van der Waals surface area contributed by atoms with E-state index in [1.807, 2.05) is 38.4 Å². The van der Waals surface area contributed by atoms with Gasteiger partial charge in [-0.25, -0.2) is 4.98 Å². The average molecular weight is 247 g/mol. The van der Waals surface area contributed by atoms with Gasteiger partial charge in [0, 0.05) is 18.9 Å². The van der Waals surface area contributed by atoms with E-state index in [1.54, 1.807) is 0 Å². The maximum atomic E-state index is 5.51. The quantitative estimate of drug-likeness (QED) is 0.853. The molecule has 1 N–H and O–H groups in total. The van der Waals surface area contributed by atoms with Crippen LogP contribution >= 0.6 is 0 Å². The molecule has 0 spiro atoms. The highest BCUT2D eigenvalue weighted by molar-refractivity contribution is 5.05. The average Bonchev–Trinajstić information content (AvgIpc) is 2.89. The molecule has 0 aliphatic carbocycles. The molecular weight excluding hydrogens is 226 g/mol. The molecule has 0 amide bonds. The minimum Gasteiger partial charge on any atom is -0.465 e. The fraction of sp³-hybridized carbons (Fsp3) is 0.500. The van der Waals surface area contributed by atoms with Gasteiger partial charge < -0.3 is 14.3 Å². The smallest absolute Gasteiger partial charge is 0.117 e. The molecule has 0 fully saturated rings. The molecule has 0 aliphatic heterocycles. The maximum Gasteiger partial charge on any atom is 0.117 e. The number of aryl methyl sites for hydroxylation is 2. The third-order valence-corrected chi connectivity index (χ3v) is 3.02. The van der Waals surface area contributed by atoms with Crippen molar-refractivity contribution in [2.45, 2.75) is 33.9 Å². The highest BCUT2D eigenvalue weighted by Gasteiger charge is 2.05. The monoisotopic (exact) mass is 247 g/mol. The molecule has 0 bridgehead atoms. The van der Waals surface area contributed by atoms with Crippen LogP contribution in [0.2, 0.25) is 0 Å². The molecule has 1 atom stereocenters. The van der Waals surface area contributed by atoms with Crippen LogP contribution in [0.5, 0.6) is 0 Å². The molecule has 18 heavy (non-hydrogen) atoms. The minimum absolute atomic E-state index is 0.564. The second-order valence-corrected chi connectivity index (χ2v) is 4.88. The van der Waals surface area contributed by atoms with Crippen LogP contribution in [-0.2, 0) is 13.1 Å². The molecule has 4 heteroatoms. The summed E-state index contributed by atoms with van der Waals surface area (Å²) in [7, 11) is 0. The zero-order valence-corrected chi connectivity index (χ0v) is 11.3. The van der Waals surface area contributed by atoms with Crippen LogP contribution in [-0.4, -0.2) is 16.1 Å². The van der Waals surface area contributed by atoms with Crippen molar-refractivity contribution < 1.29 is 4.42 Å². The lowest BCUT2D eigenvalue weighted by molar-refractivity contribution is 0.413. The summed E-state index contributed by atoms with van der Waals surface area (Å²) >= 11 is 0. The first-order valence-electron chi connectivity index (χ1n) is 6.39. The Morgan fingerprint density at radius 1 is 1.39 bits per heavy atom. The summed E-state index contributed by atoms with van der Waals surface area (Å²) in [4.78, 5) is 4.23. The van der Waals surface area contributed by atoms with Crippen LogP contribution in [0.15, 0.2) is 28.9 Å². The zero-order valence-electron chi connectivity index (χ0n) is 11.3. The Hall–Kier alpha value is -1.55. The molecule has 1 unspecified atom stereocenters. The van der Waals surface area contributed by atoms with E-state index in [2.05, 4.69) is 21.8 Å². The van der Waals surface area contributed by atoms with E-state index < -0.39 is 0 Å². The molecule has 0 aliphatic rings. The van der Waals surface area contributed by atoms with E-state index in [0.717, 1.165) is 37.0 Å². The Bertz CT molecular complexity index is 487. The van der Waals surface area contributed by atoms with Crippen LogP contribution < -0.4 is 5.32 Å². The first-order chi connectivity index (χ1) is 8.65. The number of rotatable bonds is 6. The van der Waals surface area contributed by atoms with Crippen molar-refractivity contribution in [3.8, 4) is 0 Å². The van der Waals surface area contributed by atoms with Gasteiger partial charge >= 0.3 is 0 Å². The SMILES string of the molecule is Cc1ccc(CNCC(C)Cn2ccnc2C)o1. The fourth-order valence-electron chi connectivity index (χ4n) is 2.02. The molecule has 2 heterocycles. The standard InChI is InChI=1S/C14H21N3O/c1-11(10-17-7-6-16-13(17)3)8-15-9-14-5-4-12(2)18-14/h4-7,11,15H,8-10H2,1-3H3. The number of aromatic nitrogens is 2. The molecule has 2 aromatic heterocycles. The lowest BCUT2D eigenvalue weighted by Gasteiger charge is -2.13. The van der Waals surface area contributed by atoms with Gasteiger partial charge in [-0.3, -0.25) is 0 Å². The predicted octanol–water partition coefficient (Wildman–Crippen LogP) is 2.52. The minimum atomic E-state index is 0.564. The number of hydrogen-bond donors (Lipinski definition) is 1. The van der Waals surface area contributed by atoms with Crippen molar-refractivity contribution in [2.75, 3.05) is 6.54 Å². The molecule has 0 saturated heterocycles. The summed E-state index contributed by atoms with van der Waals surface area (Å²) < 4.78 is 7.70. The predicted molar refractivity (Wildman–Crippen MR) is 71.3 cm³/mol.